The van der Waals surface area contributed by atoms with Crippen LogP contribution in [0.2, 0.25) is 0 Å². The summed E-state index contributed by atoms with van der Waals surface area (Å²) in [4.78, 5) is 27.0. The molecule has 44 heavy (non-hydrogen) atoms. The van der Waals surface area contributed by atoms with E-state index in [-0.39, 0.29) is 70.5 Å². The van der Waals surface area contributed by atoms with Crippen LogP contribution < -0.4 is 58.3 Å². The van der Waals surface area contributed by atoms with Gasteiger partial charge in [0.25, 0.3) is 0 Å². The first kappa shape index (κ1) is 34.8. The maximum Gasteiger partial charge on any atom is 1.00 e. The van der Waals surface area contributed by atoms with Crippen LogP contribution in [-0.4, -0.2) is 54.0 Å². The standard InChI is InChI=1S/C32H34N2O8S.Na/c1-17(2)41-28-14-19(13-27(40-7)31(28)42-18(3)4)12-22(30(35)21-9-11-25(38-5)26(16-21)39-6)29(32(36)37)20-8-10-23-24(15-20)34-43-33-23;/h8-11,13-18H,12H2,1-7H3,(H,36,37);/q;+1/p-1/b29-22+;. The second kappa shape index (κ2) is 15.4. The number of Topliss-reactive ketones (excluding diaryl/α,β-unsaturated/α-hetero) is 1. The number of aliphatic carboxylic acids is 1. The average molecular weight is 629 g/mol. The number of nitrogens with zero attached hydrogens (tertiary/aromatic N) is 2. The number of ketones is 1. The summed E-state index contributed by atoms with van der Waals surface area (Å²) < 4.78 is 36.9. The minimum absolute atomic E-state index is 0. The Kier molecular flexibility index (Phi) is 12.2. The van der Waals surface area contributed by atoms with Gasteiger partial charge in [-0.15, -0.1) is 0 Å². The third kappa shape index (κ3) is 7.89. The van der Waals surface area contributed by atoms with Gasteiger partial charge in [0.2, 0.25) is 5.75 Å². The molecule has 3 aromatic carbocycles. The number of carbonyl (C=O) groups is 2. The van der Waals surface area contributed by atoms with E-state index < -0.39 is 11.8 Å². The van der Waals surface area contributed by atoms with Crippen molar-refractivity contribution in [2.24, 2.45) is 0 Å². The van der Waals surface area contributed by atoms with Crippen LogP contribution in [0.5, 0.6) is 28.7 Å². The van der Waals surface area contributed by atoms with Crippen LogP contribution in [0, 0.1) is 0 Å². The van der Waals surface area contributed by atoms with Gasteiger partial charge in [0, 0.05) is 23.1 Å². The van der Waals surface area contributed by atoms with Crippen molar-refractivity contribution in [2.45, 2.75) is 46.3 Å². The molecular formula is C32H33N2NaO8S. The third-order valence-corrected chi connectivity index (χ3v) is 6.92. The molecule has 0 aliphatic heterocycles. The maximum atomic E-state index is 14.2. The van der Waals surface area contributed by atoms with Gasteiger partial charge in [0.05, 0.1) is 51.2 Å². The van der Waals surface area contributed by atoms with Gasteiger partial charge in [0.15, 0.2) is 28.8 Å². The zero-order valence-electron chi connectivity index (χ0n) is 26.0. The molecule has 1 heterocycles. The minimum Gasteiger partial charge on any atom is -0.545 e. The van der Waals surface area contributed by atoms with E-state index in [1.54, 1.807) is 42.5 Å². The minimum atomic E-state index is -1.52. The zero-order chi connectivity index (χ0) is 31.3. The van der Waals surface area contributed by atoms with Gasteiger partial charge in [-0.05, 0) is 81.3 Å². The Hall–Kier alpha value is -3.64. The van der Waals surface area contributed by atoms with Crippen LogP contribution in [0.15, 0.2) is 54.1 Å². The van der Waals surface area contributed by atoms with Gasteiger partial charge >= 0.3 is 29.6 Å². The number of benzene rings is 3. The van der Waals surface area contributed by atoms with Crippen LogP contribution in [-0.2, 0) is 11.2 Å². The van der Waals surface area contributed by atoms with Crippen LogP contribution in [0.3, 0.4) is 0 Å². The number of carbonyl (C=O) groups excluding carboxylic acids is 2. The van der Waals surface area contributed by atoms with E-state index >= 15 is 0 Å². The quantitative estimate of drug-likeness (QED) is 0.123. The molecule has 0 N–H and O–H groups in total. The van der Waals surface area contributed by atoms with Gasteiger partial charge in [-0.1, -0.05) is 6.07 Å². The van der Waals surface area contributed by atoms with Gasteiger partial charge in [-0.3, -0.25) is 4.79 Å². The number of carboxylic acids is 1. The fourth-order valence-electron chi connectivity index (χ4n) is 4.57. The molecule has 0 radical (unpaired) electrons. The Morgan fingerprint density at radius 2 is 1.36 bits per heavy atom. The summed E-state index contributed by atoms with van der Waals surface area (Å²) in [5.74, 6) is -0.116. The normalized spacial score (nSPS) is 11.6. The number of fused-ring (bicyclic) bond motifs is 1. The van der Waals surface area contributed by atoms with Crippen molar-refractivity contribution < 1.29 is 67.9 Å². The molecule has 0 unspecified atom stereocenters. The van der Waals surface area contributed by atoms with Gasteiger partial charge in [-0.25, -0.2) is 0 Å². The summed E-state index contributed by atoms with van der Waals surface area (Å²) in [5.41, 5.74) is 1.83. The summed E-state index contributed by atoms with van der Waals surface area (Å²) in [7, 11) is 4.44. The smallest absolute Gasteiger partial charge is 0.545 e. The van der Waals surface area contributed by atoms with Crippen molar-refractivity contribution in [2.75, 3.05) is 21.3 Å². The summed E-state index contributed by atoms with van der Waals surface area (Å²) in [5, 5.41) is 12.8. The molecule has 0 aliphatic rings. The Bertz CT molecular complexity index is 1680. The molecule has 1 aromatic heterocycles. The van der Waals surface area contributed by atoms with E-state index in [4.69, 9.17) is 23.7 Å². The first-order valence-electron chi connectivity index (χ1n) is 13.5. The summed E-state index contributed by atoms with van der Waals surface area (Å²) >= 11 is 1.01. The molecule has 4 rings (SSSR count). The fourth-order valence-corrected chi connectivity index (χ4v) is 5.09. The van der Waals surface area contributed by atoms with Gasteiger partial charge < -0.3 is 33.6 Å². The number of rotatable bonds is 13. The van der Waals surface area contributed by atoms with Crippen molar-refractivity contribution in [3.63, 3.8) is 0 Å². The van der Waals surface area contributed by atoms with Crippen molar-refractivity contribution in [3.8, 4) is 28.7 Å². The Morgan fingerprint density at radius 1 is 0.750 bits per heavy atom. The number of hydrogen-bond acceptors (Lipinski definition) is 11. The van der Waals surface area contributed by atoms with E-state index in [9.17, 15) is 14.7 Å². The summed E-state index contributed by atoms with van der Waals surface area (Å²) in [6.07, 6.45) is -0.470. The number of methoxy groups -OCH3 is 3. The number of hydrogen-bond donors (Lipinski definition) is 0. The molecule has 0 fully saturated rings. The predicted molar refractivity (Wildman–Crippen MR) is 161 cm³/mol. The van der Waals surface area contributed by atoms with Gasteiger partial charge in [0.1, 0.15) is 11.0 Å². The second-order valence-corrected chi connectivity index (χ2v) is 10.7. The largest absolute Gasteiger partial charge is 1.00 e. The Morgan fingerprint density at radius 3 is 1.98 bits per heavy atom. The topological polar surface area (TPSA) is 129 Å². The molecule has 0 saturated heterocycles. The zero-order valence-corrected chi connectivity index (χ0v) is 28.9. The first-order valence-corrected chi connectivity index (χ1v) is 14.3. The fraction of sp³-hybridized carbons (Fsp3) is 0.312. The molecule has 12 heteroatoms. The molecule has 226 valence electrons. The molecule has 4 aromatic rings. The van der Waals surface area contributed by atoms with E-state index in [0.29, 0.717) is 45.3 Å². The monoisotopic (exact) mass is 628 g/mol. The maximum absolute atomic E-state index is 14.2. The molecule has 0 bridgehead atoms. The van der Waals surface area contributed by atoms with Crippen LogP contribution in [0.4, 0.5) is 0 Å². The number of aromatic nitrogens is 2. The molecule has 0 spiro atoms. The predicted octanol–water partition coefficient (Wildman–Crippen LogP) is 1.92. The van der Waals surface area contributed by atoms with Crippen molar-refractivity contribution in [1.82, 2.24) is 8.75 Å². The van der Waals surface area contributed by atoms with Crippen molar-refractivity contribution in [3.05, 3.63) is 70.8 Å². The molecule has 0 aliphatic carbocycles. The molecule has 0 amide bonds. The van der Waals surface area contributed by atoms with Crippen LogP contribution >= 0.6 is 11.7 Å². The SMILES string of the molecule is COc1ccc(C(=O)/C(Cc2cc(OC)c(OC(C)C)c(OC(C)C)c2)=C(/C(=O)[O-])c2ccc3nsnc3c2)cc1OC.[Na+]. The van der Waals surface area contributed by atoms with Crippen molar-refractivity contribution >= 4 is 40.1 Å². The van der Waals surface area contributed by atoms with Crippen LogP contribution in [0.1, 0.15) is 49.2 Å². The average Bonchev–Trinajstić information content (AvgIpc) is 3.44. The number of carboxylic acid groups (broad SMARTS) is 1. The molecule has 0 saturated carbocycles. The summed E-state index contributed by atoms with van der Waals surface area (Å²) in [6, 6.07) is 12.9. The van der Waals surface area contributed by atoms with E-state index in [1.165, 1.54) is 27.4 Å². The van der Waals surface area contributed by atoms with E-state index in [1.807, 2.05) is 27.7 Å². The van der Waals surface area contributed by atoms with Crippen molar-refractivity contribution in [1.29, 1.82) is 0 Å². The van der Waals surface area contributed by atoms with E-state index in [2.05, 4.69) is 8.75 Å². The number of ether oxygens (including phenoxy) is 5. The molecular weight excluding hydrogens is 595 g/mol. The first-order chi connectivity index (χ1) is 20.6. The Labute approximate surface area is 282 Å². The molecule has 0 atom stereocenters. The van der Waals surface area contributed by atoms with E-state index in [0.717, 1.165) is 11.7 Å². The van der Waals surface area contributed by atoms with Crippen LogP contribution in [0.25, 0.3) is 16.6 Å². The number of allylic oxidation sites excluding steroid dienone is 1. The second-order valence-electron chi connectivity index (χ2n) is 10.1. The third-order valence-electron chi connectivity index (χ3n) is 6.37. The summed E-state index contributed by atoms with van der Waals surface area (Å²) in [6.45, 7) is 7.52. The van der Waals surface area contributed by atoms with Gasteiger partial charge in [-0.2, -0.15) is 8.75 Å². The molecule has 10 nitrogen and oxygen atoms in total. The Balaban J connectivity index is 0.00000529.